The molecule has 110 valence electrons. The van der Waals surface area contributed by atoms with E-state index in [1.165, 1.54) is 18.2 Å². The number of amides is 2. The van der Waals surface area contributed by atoms with Crippen molar-refractivity contribution in [2.75, 3.05) is 5.32 Å². The van der Waals surface area contributed by atoms with Crippen molar-refractivity contribution in [2.45, 2.75) is 13.5 Å². The van der Waals surface area contributed by atoms with Gasteiger partial charge in [-0.1, -0.05) is 11.6 Å². The van der Waals surface area contributed by atoms with Gasteiger partial charge < -0.3 is 15.7 Å². The Morgan fingerprint density at radius 2 is 2.10 bits per heavy atom. The van der Waals surface area contributed by atoms with E-state index in [0.29, 0.717) is 12.2 Å². The first-order valence-corrected chi connectivity index (χ1v) is 7.39. The Kier molecular flexibility index (Phi) is 4.82. The third-order valence-electron chi connectivity index (χ3n) is 2.86. The normalized spacial score (nSPS) is 10.2. The van der Waals surface area contributed by atoms with E-state index in [1.807, 2.05) is 17.7 Å². The Morgan fingerprint density at radius 3 is 2.67 bits per heavy atom. The topological polar surface area (TPSA) is 78.4 Å². The van der Waals surface area contributed by atoms with Crippen molar-refractivity contribution in [3.63, 3.8) is 0 Å². The van der Waals surface area contributed by atoms with Crippen molar-refractivity contribution >= 4 is 40.6 Å². The maximum atomic E-state index is 11.8. The monoisotopic (exact) mass is 324 g/mol. The highest BCUT2D eigenvalue weighted by atomic mass is 35.5. The van der Waals surface area contributed by atoms with Crippen molar-refractivity contribution in [1.29, 1.82) is 0 Å². The lowest BCUT2D eigenvalue weighted by Gasteiger charge is -2.08. The lowest BCUT2D eigenvalue weighted by atomic mass is 10.2. The zero-order valence-corrected chi connectivity index (χ0v) is 12.7. The van der Waals surface area contributed by atoms with Crippen LogP contribution in [0.15, 0.2) is 29.0 Å². The van der Waals surface area contributed by atoms with Gasteiger partial charge in [-0.2, -0.15) is 11.3 Å². The van der Waals surface area contributed by atoms with E-state index in [9.17, 15) is 9.59 Å². The van der Waals surface area contributed by atoms with Crippen LogP contribution in [0.4, 0.5) is 10.5 Å². The van der Waals surface area contributed by atoms with Gasteiger partial charge in [0.15, 0.2) is 0 Å². The highest BCUT2D eigenvalue weighted by molar-refractivity contribution is 7.08. The Bertz CT molecular complexity index is 685. The maximum Gasteiger partial charge on any atom is 0.337 e. The standard InChI is InChI=1S/C14H13ClN2O3S/c1-8-6-21-7-9(8)5-16-14(20)17-10-2-3-11(13(18)19)12(15)4-10/h2-4,6-7H,5H2,1H3,(H,18,19)(H2,16,17,20). The molecule has 0 saturated heterocycles. The Hall–Kier alpha value is -2.05. The van der Waals surface area contributed by atoms with Gasteiger partial charge in [0.2, 0.25) is 0 Å². The van der Waals surface area contributed by atoms with Crippen LogP contribution >= 0.6 is 22.9 Å². The fraction of sp³-hybridized carbons (Fsp3) is 0.143. The summed E-state index contributed by atoms with van der Waals surface area (Å²) in [4.78, 5) is 22.6. The molecule has 2 rings (SSSR count). The highest BCUT2D eigenvalue weighted by Crippen LogP contribution is 2.21. The molecule has 0 aliphatic rings. The predicted molar refractivity (Wildman–Crippen MR) is 83.3 cm³/mol. The van der Waals surface area contributed by atoms with Gasteiger partial charge in [-0.3, -0.25) is 0 Å². The fourth-order valence-electron chi connectivity index (χ4n) is 1.69. The van der Waals surface area contributed by atoms with Crippen LogP contribution in [-0.4, -0.2) is 17.1 Å². The second-order valence-electron chi connectivity index (χ2n) is 4.39. The molecule has 0 atom stereocenters. The summed E-state index contributed by atoms with van der Waals surface area (Å²) in [5, 5.41) is 18.3. The van der Waals surface area contributed by atoms with E-state index >= 15 is 0 Å². The molecule has 5 nitrogen and oxygen atoms in total. The Balaban J connectivity index is 1.95. The van der Waals surface area contributed by atoms with Gasteiger partial charge in [-0.15, -0.1) is 0 Å². The number of carboxylic acid groups (broad SMARTS) is 1. The van der Waals surface area contributed by atoms with E-state index < -0.39 is 5.97 Å². The number of benzene rings is 1. The van der Waals surface area contributed by atoms with Crippen molar-refractivity contribution in [1.82, 2.24) is 5.32 Å². The van der Waals surface area contributed by atoms with Crippen molar-refractivity contribution in [3.8, 4) is 0 Å². The first-order chi connectivity index (χ1) is 9.97. The summed E-state index contributed by atoms with van der Waals surface area (Å²) < 4.78 is 0. The summed E-state index contributed by atoms with van der Waals surface area (Å²) in [5.74, 6) is -1.11. The number of aromatic carboxylic acids is 1. The average molecular weight is 325 g/mol. The molecule has 0 fully saturated rings. The quantitative estimate of drug-likeness (QED) is 0.801. The third kappa shape index (κ3) is 3.96. The molecule has 0 aliphatic carbocycles. The molecule has 2 aromatic rings. The number of carbonyl (C=O) groups is 2. The minimum Gasteiger partial charge on any atom is -0.478 e. The average Bonchev–Trinajstić information content (AvgIpc) is 2.81. The van der Waals surface area contributed by atoms with Crippen molar-refractivity contribution in [3.05, 3.63) is 50.7 Å². The molecule has 1 aromatic carbocycles. The lowest BCUT2D eigenvalue weighted by molar-refractivity contribution is 0.0697. The summed E-state index contributed by atoms with van der Waals surface area (Å²) in [7, 11) is 0. The molecule has 1 aromatic heterocycles. The lowest BCUT2D eigenvalue weighted by Crippen LogP contribution is -2.28. The van der Waals surface area contributed by atoms with Crippen LogP contribution in [0.2, 0.25) is 5.02 Å². The van der Waals surface area contributed by atoms with Gasteiger partial charge in [0, 0.05) is 12.2 Å². The Labute approximate surface area is 130 Å². The van der Waals surface area contributed by atoms with Crippen LogP contribution < -0.4 is 10.6 Å². The molecule has 2 amide bonds. The van der Waals surface area contributed by atoms with Gasteiger partial charge >= 0.3 is 12.0 Å². The molecule has 3 N–H and O–H groups in total. The van der Waals surface area contributed by atoms with Crippen molar-refractivity contribution in [2.24, 2.45) is 0 Å². The van der Waals surface area contributed by atoms with Crippen LogP contribution in [0.3, 0.4) is 0 Å². The number of halogens is 1. The van der Waals surface area contributed by atoms with Crippen molar-refractivity contribution < 1.29 is 14.7 Å². The third-order valence-corrected chi connectivity index (χ3v) is 4.08. The number of aryl methyl sites for hydroxylation is 1. The van der Waals surface area contributed by atoms with Crippen LogP contribution in [0, 0.1) is 6.92 Å². The zero-order valence-electron chi connectivity index (χ0n) is 11.1. The smallest absolute Gasteiger partial charge is 0.337 e. The molecular weight excluding hydrogens is 312 g/mol. The molecule has 0 saturated carbocycles. The van der Waals surface area contributed by atoms with Gasteiger partial charge in [-0.25, -0.2) is 9.59 Å². The molecular formula is C14H13ClN2O3S. The van der Waals surface area contributed by atoms with Crippen LogP contribution in [0.5, 0.6) is 0 Å². The minimum absolute atomic E-state index is 0.00322. The van der Waals surface area contributed by atoms with Crippen LogP contribution in [0.25, 0.3) is 0 Å². The van der Waals surface area contributed by atoms with Crippen LogP contribution in [-0.2, 0) is 6.54 Å². The number of hydrogen-bond acceptors (Lipinski definition) is 3. The molecule has 0 radical (unpaired) electrons. The highest BCUT2D eigenvalue weighted by Gasteiger charge is 2.10. The number of urea groups is 1. The van der Waals surface area contributed by atoms with E-state index in [0.717, 1.165) is 11.1 Å². The first kappa shape index (κ1) is 15.3. The summed E-state index contributed by atoms with van der Waals surface area (Å²) in [6.07, 6.45) is 0. The maximum absolute atomic E-state index is 11.8. The summed E-state index contributed by atoms with van der Waals surface area (Å²) in [6.45, 7) is 2.41. The van der Waals surface area contributed by atoms with Gasteiger partial charge in [0.25, 0.3) is 0 Å². The molecule has 0 aliphatic heterocycles. The zero-order chi connectivity index (χ0) is 15.4. The largest absolute Gasteiger partial charge is 0.478 e. The first-order valence-electron chi connectivity index (χ1n) is 6.06. The second kappa shape index (κ2) is 6.60. The number of thiophene rings is 1. The predicted octanol–water partition coefficient (Wildman–Crippen LogP) is 3.73. The molecule has 1 heterocycles. The van der Waals surface area contributed by atoms with E-state index in [-0.39, 0.29) is 16.6 Å². The number of rotatable bonds is 4. The van der Waals surface area contributed by atoms with E-state index in [4.69, 9.17) is 16.7 Å². The Morgan fingerprint density at radius 1 is 1.33 bits per heavy atom. The summed E-state index contributed by atoms with van der Waals surface area (Å²) >= 11 is 7.42. The molecule has 21 heavy (non-hydrogen) atoms. The van der Waals surface area contributed by atoms with Gasteiger partial charge in [0.05, 0.1) is 10.6 Å². The van der Waals surface area contributed by atoms with E-state index in [1.54, 1.807) is 11.3 Å². The molecule has 0 bridgehead atoms. The fourth-order valence-corrected chi connectivity index (χ4v) is 2.80. The molecule has 0 unspecified atom stereocenters. The minimum atomic E-state index is -1.11. The summed E-state index contributed by atoms with van der Waals surface area (Å²) in [6, 6.07) is 3.87. The molecule has 7 heteroatoms. The second-order valence-corrected chi connectivity index (χ2v) is 5.54. The number of carbonyl (C=O) groups excluding carboxylic acids is 1. The van der Waals surface area contributed by atoms with Gasteiger partial charge in [-0.05, 0) is 47.0 Å². The number of anilines is 1. The van der Waals surface area contributed by atoms with Crippen LogP contribution in [0.1, 0.15) is 21.5 Å². The SMILES string of the molecule is Cc1cscc1CNC(=O)Nc1ccc(C(=O)O)c(Cl)c1. The number of nitrogens with one attached hydrogen (secondary N) is 2. The van der Waals surface area contributed by atoms with Gasteiger partial charge in [0.1, 0.15) is 0 Å². The summed E-state index contributed by atoms with van der Waals surface area (Å²) in [5.41, 5.74) is 2.63. The number of hydrogen-bond donors (Lipinski definition) is 3. The van der Waals surface area contributed by atoms with E-state index in [2.05, 4.69) is 10.6 Å². The molecule has 0 spiro atoms. The number of carboxylic acids is 1.